The van der Waals surface area contributed by atoms with Gasteiger partial charge in [0, 0.05) is 11.4 Å². The molecular formula is C18H19N3O3S2. The summed E-state index contributed by atoms with van der Waals surface area (Å²) in [5.41, 5.74) is 8.84. The SMILES string of the molecule is Cc1ccc(S(=O)(=O)Nc2ccc3c(c2)C2(COC3)CSC(N)=N2)cc1. The lowest BCUT2D eigenvalue weighted by Gasteiger charge is -2.32. The molecule has 6 nitrogen and oxygen atoms in total. The summed E-state index contributed by atoms with van der Waals surface area (Å²) >= 11 is 1.49. The molecule has 0 amide bonds. The number of hydrogen-bond donors (Lipinski definition) is 2. The second kappa shape index (κ2) is 6.29. The third kappa shape index (κ3) is 3.08. The molecule has 0 aromatic heterocycles. The third-order valence-corrected chi connectivity index (χ3v) is 6.98. The zero-order valence-corrected chi connectivity index (χ0v) is 15.9. The number of ether oxygens (including phenoxy) is 1. The van der Waals surface area contributed by atoms with Crippen LogP contribution >= 0.6 is 11.8 Å². The zero-order chi connectivity index (χ0) is 18.4. The van der Waals surface area contributed by atoms with Gasteiger partial charge in [-0.05, 0) is 42.3 Å². The van der Waals surface area contributed by atoms with Crippen LogP contribution in [0.5, 0.6) is 0 Å². The van der Waals surface area contributed by atoms with Crippen molar-refractivity contribution in [3.63, 3.8) is 0 Å². The molecule has 2 heterocycles. The van der Waals surface area contributed by atoms with Crippen molar-refractivity contribution in [2.45, 2.75) is 24.0 Å². The van der Waals surface area contributed by atoms with Crippen LogP contribution in [0.4, 0.5) is 5.69 Å². The van der Waals surface area contributed by atoms with Crippen LogP contribution in [0.25, 0.3) is 0 Å². The van der Waals surface area contributed by atoms with Crippen molar-refractivity contribution >= 4 is 32.6 Å². The number of fused-ring (bicyclic) bond motifs is 2. The van der Waals surface area contributed by atoms with Gasteiger partial charge in [-0.25, -0.2) is 13.4 Å². The minimum Gasteiger partial charge on any atom is -0.379 e. The fraction of sp³-hybridized carbons (Fsp3) is 0.278. The lowest BCUT2D eigenvalue weighted by Crippen LogP contribution is -2.35. The van der Waals surface area contributed by atoms with Crippen LogP contribution in [0, 0.1) is 6.92 Å². The van der Waals surface area contributed by atoms with E-state index in [9.17, 15) is 8.42 Å². The zero-order valence-electron chi connectivity index (χ0n) is 14.2. The summed E-state index contributed by atoms with van der Waals surface area (Å²) in [5.74, 6) is 0.694. The number of thioether (sulfide) groups is 1. The molecule has 2 aromatic carbocycles. The van der Waals surface area contributed by atoms with Gasteiger partial charge in [-0.1, -0.05) is 35.5 Å². The van der Waals surface area contributed by atoms with Crippen molar-refractivity contribution in [1.29, 1.82) is 0 Å². The molecule has 1 atom stereocenters. The van der Waals surface area contributed by atoms with E-state index >= 15 is 0 Å². The molecular weight excluding hydrogens is 370 g/mol. The number of sulfonamides is 1. The maximum atomic E-state index is 12.7. The summed E-state index contributed by atoms with van der Waals surface area (Å²) < 4.78 is 33.7. The van der Waals surface area contributed by atoms with Crippen LogP contribution in [-0.4, -0.2) is 25.9 Å². The molecule has 0 aliphatic carbocycles. The van der Waals surface area contributed by atoms with Gasteiger partial charge in [-0.15, -0.1) is 0 Å². The molecule has 26 heavy (non-hydrogen) atoms. The van der Waals surface area contributed by atoms with Crippen LogP contribution in [0.1, 0.15) is 16.7 Å². The van der Waals surface area contributed by atoms with Crippen LogP contribution < -0.4 is 10.5 Å². The Bertz CT molecular complexity index is 987. The minimum absolute atomic E-state index is 0.234. The highest BCUT2D eigenvalue weighted by molar-refractivity contribution is 8.14. The topological polar surface area (TPSA) is 93.8 Å². The molecule has 8 heteroatoms. The minimum atomic E-state index is -3.65. The second-order valence-electron chi connectivity index (χ2n) is 6.55. The second-order valence-corrected chi connectivity index (χ2v) is 9.23. The van der Waals surface area contributed by atoms with Gasteiger partial charge in [0.05, 0.1) is 18.1 Å². The average Bonchev–Trinajstić information content (AvgIpc) is 2.97. The van der Waals surface area contributed by atoms with Crippen LogP contribution in [0.15, 0.2) is 52.4 Å². The van der Waals surface area contributed by atoms with Crippen LogP contribution in [0.2, 0.25) is 0 Å². The van der Waals surface area contributed by atoms with Gasteiger partial charge in [0.2, 0.25) is 0 Å². The summed E-state index contributed by atoms with van der Waals surface area (Å²) in [6, 6.07) is 12.3. The number of nitrogens with two attached hydrogens (primary N) is 1. The van der Waals surface area contributed by atoms with Gasteiger partial charge < -0.3 is 10.5 Å². The van der Waals surface area contributed by atoms with Gasteiger partial charge in [0.25, 0.3) is 10.0 Å². The lowest BCUT2D eigenvalue weighted by molar-refractivity contribution is 0.0634. The van der Waals surface area contributed by atoms with E-state index in [1.807, 2.05) is 19.1 Å². The highest BCUT2D eigenvalue weighted by Gasteiger charge is 2.41. The van der Waals surface area contributed by atoms with Crippen molar-refractivity contribution in [1.82, 2.24) is 0 Å². The summed E-state index contributed by atoms with van der Waals surface area (Å²) in [5, 5.41) is 0.534. The quantitative estimate of drug-likeness (QED) is 0.841. The Hall–Kier alpha value is -2.03. The number of amidine groups is 1. The molecule has 0 radical (unpaired) electrons. The van der Waals surface area contributed by atoms with E-state index in [0.29, 0.717) is 29.8 Å². The number of nitrogens with one attached hydrogen (secondary N) is 1. The Balaban J connectivity index is 1.69. The van der Waals surface area contributed by atoms with Crippen molar-refractivity contribution < 1.29 is 13.2 Å². The fourth-order valence-electron chi connectivity index (χ4n) is 3.22. The number of nitrogens with zero attached hydrogens (tertiary/aromatic N) is 1. The standard InChI is InChI=1S/C18H19N3O3S2/c1-12-2-6-15(7-3-12)26(22,23)21-14-5-4-13-9-24-10-18(16(13)8-14)11-25-17(19)20-18/h2-8,21H,9-11H2,1H3,(H2,19,20). The first-order valence-electron chi connectivity index (χ1n) is 8.17. The first kappa shape index (κ1) is 17.4. The third-order valence-electron chi connectivity index (χ3n) is 4.58. The molecule has 1 unspecified atom stereocenters. The lowest BCUT2D eigenvalue weighted by atomic mass is 9.87. The first-order chi connectivity index (χ1) is 12.4. The maximum Gasteiger partial charge on any atom is 0.261 e. The van der Waals surface area contributed by atoms with Crippen LogP contribution in [-0.2, 0) is 26.9 Å². The van der Waals surface area contributed by atoms with E-state index in [1.54, 1.807) is 30.3 Å². The molecule has 136 valence electrons. The normalized spacial score (nSPS) is 22.1. The Labute approximate surface area is 156 Å². The summed E-state index contributed by atoms with van der Waals surface area (Å²) in [4.78, 5) is 4.82. The van der Waals surface area contributed by atoms with Gasteiger partial charge in [0.15, 0.2) is 5.17 Å². The predicted octanol–water partition coefficient (Wildman–Crippen LogP) is 2.58. The van der Waals surface area contributed by atoms with Crippen molar-refractivity contribution in [2.75, 3.05) is 17.1 Å². The summed E-state index contributed by atoms with van der Waals surface area (Å²) in [6.45, 7) is 2.85. The Morgan fingerprint density at radius 3 is 2.69 bits per heavy atom. The number of hydrogen-bond acceptors (Lipinski definition) is 6. The molecule has 2 aliphatic rings. The highest BCUT2D eigenvalue weighted by atomic mass is 32.2. The van der Waals surface area contributed by atoms with E-state index in [2.05, 4.69) is 9.71 Å². The fourth-order valence-corrected chi connectivity index (χ4v) is 5.20. The highest BCUT2D eigenvalue weighted by Crippen LogP contribution is 2.42. The van der Waals surface area contributed by atoms with Crippen molar-refractivity contribution in [2.24, 2.45) is 10.7 Å². The largest absolute Gasteiger partial charge is 0.379 e. The van der Waals surface area contributed by atoms with Gasteiger partial charge in [-0.2, -0.15) is 0 Å². The Morgan fingerprint density at radius 2 is 2.00 bits per heavy atom. The number of benzene rings is 2. The van der Waals surface area contributed by atoms with Gasteiger partial charge in [0.1, 0.15) is 5.54 Å². The number of rotatable bonds is 3. The molecule has 3 N–H and O–H groups in total. The number of aryl methyl sites for hydroxylation is 1. The van der Waals surface area contributed by atoms with Crippen LogP contribution in [0.3, 0.4) is 0 Å². The first-order valence-corrected chi connectivity index (χ1v) is 10.6. The Kier molecular flexibility index (Phi) is 4.21. The molecule has 4 rings (SSSR count). The average molecular weight is 390 g/mol. The van der Waals surface area contributed by atoms with E-state index in [4.69, 9.17) is 10.5 Å². The molecule has 0 saturated heterocycles. The van der Waals surface area contributed by atoms with Gasteiger partial charge in [-0.3, -0.25) is 4.72 Å². The molecule has 2 aliphatic heterocycles. The van der Waals surface area contributed by atoms with E-state index in [1.165, 1.54) is 11.8 Å². The summed E-state index contributed by atoms with van der Waals surface area (Å²) in [6.07, 6.45) is 0. The molecule has 0 bridgehead atoms. The molecule has 1 spiro atoms. The number of anilines is 1. The van der Waals surface area contributed by atoms with E-state index in [-0.39, 0.29) is 4.90 Å². The molecule has 0 fully saturated rings. The Morgan fingerprint density at radius 1 is 1.23 bits per heavy atom. The van der Waals surface area contributed by atoms with E-state index < -0.39 is 15.6 Å². The van der Waals surface area contributed by atoms with Gasteiger partial charge >= 0.3 is 0 Å². The number of aliphatic imine (C=N–C) groups is 1. The van der Waals surface area contributed by atoms with Crippen molar-refractivity contribution in [3.05, 3.63) is 59.2 Å². The van der Waals surface area contributed by atoms with Crippen molar-refractivity contribution in [3.8, 4) is 0 Å². The smallest absolute Gasteiger partial charge is 0.261 e. The van der Waals surface area contributed by atoms with E-state index in [0.717, 1.165) is 16.7 Å². The molecule has 0 saturated carbocycles. The summed E-state index contributed by atoms with van der Waals surface area (Å²) in [7, 11) is -3.65. The molecule has 2 aromatic rings. The predicted molar refractivity (Wildman–Crippen MR) is 104 cm³/mol. The maximum absolute atomic E-state index is 12.7. The monoisotopic (exact) mass is 389 g/mol.